The third-order valence-electron chi connectivity index (χ3n) is 5.62. The fraction of sp³-hybridized carbons (Fsp3) is 0.276. The van der Waals surface area contributed by atoms with Crippen molar-refractivity contribution in [1.82, 2.24) is 10.7 Å². The zero-order chi connectivity index (χ0) is 26.1. The highest BCUT2D eigenvalue weighted by Crippen LogP contribution is 2.20. The largest absolute Gasteiger partial charge is 0.489 e. The molecular formula is C29H33N3O4. The second kappa shape index (κ2) is 12.5. The minimum absolute atomic E-state index is 0.179. The lowest BCUT2D eigenvalue weighted by atomic mass is 10.0. The Balaban J connectivity index is 1.42. The van der Waals surface area contributed by atoms with Crippen LogP contribution >= 0.6 is 0 Å². The van der Waals surface area contributed by atoms with Gasteiger partial charge in [0.15, 0.2) is 6.61 Å². The first-order chi connectivity index (χ1) is 17.2. The number of aryl methyl sites for hydroxylation is 4. The predicted molar refractivity (Wildman–Crippen MR) is 141 cm³/mol. The summed E-state index contributed by atoms with van der Waals surface area (Å²) < 4.78 is 11.4. The van der Waals surface area contributed by atoms with Crippen molar-refractivity contribution in [3.05, 3.63) is 94.0 Å². The molecule has 3 aromatic carbocycles. The Labute approximate surface area is 212 Å². The maximum absolute atomic E-state index is 12.2. The smallest absolute Gasteiger partial charge is 0.262 e. The number of carbonyl (C=O) groups is 2. The summed E-state index contributed by atoms with van der Waals surface area (Å²) in [4.78, 5) is 24.3. The first-order valence-electron chi connectivity index (χ1n) is 11.8. The number of rotatable bonds is 10. The SMILES string of the molecule is Cc1cccc(OCC(=O)N[C@@H](C)C(=O)NN=Cc2ccc(OCc3c(C)cc(C)cc3C)cc2)c1. The highest BCUT2D eigenvalue weighted by molar-refractivity contribution is 5.88. The van der Waals surface area contributed by atoms with Crippen molar-refractivity contribution in [2.45, 2.75) is 47.3 Å². The van der Waals surface area contributed by atoms with Gasteiger partial charge in [0.25, 0.3) is 11.8 Å². The van der Waals surface area contributed by atoms with Crippen LogP contribution in [0.25, 0.3) is 0 Å². The lowest BCUT2D eigenvalue weighted by Crippen LogP contribution is -2.45. The van der Waals surface area contributed by atoms with Gasteiger partial charge in [-0.2, -0.15) is 5.10 Å². The molecule has 0 heterocycles. The van der Waals surface area contributed by atoms with Gasteiger partial charge in [0, 0.05) is 0 Å². The summed E-state index contributed by atoms with van der Waals surface area (Å²) in [7, 11) is 0. The summed E-state index contributed by atoms with van der Waals surface area (Å²) in [5, 5.41) is 6.57. The van der Waals surface area contributed by atoms with Gasteiger partial charge in [-0.25, -0.2) is 5.43 Å². The zero-order valence-electron chi connectivity index (χ0n) is 21.4. The number of hydrogen-bond donors (Lipinski definition) is 2. The number of hydrogen-bond acceptors (Lipinski definition) is 5. The Morgan fingerprint density at radius 1 is 0.889 bits per heavy atom. The average Bonchev–Trinajstić information content (AvgIpc) is 2.83. The summed E-state index contributed by atoms with van der Waals surface area (Å²) >= 11 is 0. The Bertz CT molecular complexity index is 1210. The minimum atomic E-state index is -0.764. The second-order valence-electron chi connectivity index (χ2n) is 8.86. The molecule has 0 spiro atoms. The Hall–Kier alpha value is -4.13. The fourth-order valence-electron chi connectivity index (χ4n) is 3.71. The lowest BCUT2D eigenvalue weighted by Gasteiger charge is -2.13. The van der Waals surface area contributed by atoms with Gasteiger partial charge in [-0.3, -0.25) is 9.59 Å². The quantitative estimate of drug-likeness (QED) is 0.325. The van der Waals surface area contributed by atoms with Crippen LogP contribution in [0.3, 0.4) is 0 Å². The zero-order valence-corrected chi connectivity index (χ0v) is 21.4. The van der Waals surface area contributed by atoms with Gasteiger partial charge in [0.2, 0.25) is 0 Å². The van der Waals surface area contributed by atoms with E-state index in [1.165, 1.54) is 28.5 Å². The Morgan fingerprint density at radius 2 is 1.58 bits per heavy atom. The summed E-state index contributed by atoms with van der Waals surface area (Å²) in [6.45, 7) is 10.1. The molecule has 2 N–H and O–H groups in total. The van der Waals surface area contributed by atoms with E-state index in [0.717, 1.165) is 16.9 Å². The monoisotopic (exact) mass is 487 g/mol. The molecule has 0 unspecified atom stereocenters. The molecule has 0 aliphatic rings. The summed E-state index contributed by atoms with van der Waals surface area (Å²) in [5.41, 5.74) is 9.15. The normalized spacial score (nSPS) is 11.7. The van der Waals surface area contributed by atoms with Crippen molar-refractivity contribution in [3.63, 3.8) is 0 Å². The number of nitrogens with zero attached hydrogens (tertiary/aromatic N) is 1. The molecule has 0 saturated heterocycles. The molecule has 7 nitrogen and oxygen atoms in total. The first-order valence-corrected chi connectivity index (χ1v) is 11.8. The maximum Gasteiger partial charge on any atom is 0.262 e. The van der Waals surface area contributed by atoms with Gasteiger partial charge >= 0.3 is 0 Å². The van der Waals surface area contributed by atoms with Crippen molar-refractivity contribution in [2.24, 2.45) is 5.10 Å². The molecule has 3 aromatic rings. The van der Waals surface area contributed by atoms with Crippen LogP contribution in [0.5, 0.6) is 11.5 Å². The summed E-state index contributed by atoms with van der Waals surface area (Å²) in [6.07, 6.45) is 1.53. The third kappa shape index (κ3) is 7.98. The van der Waals surface area contributed by atoms with Crippen molar-refractivity contribution in [1.29, 1.82) is 0 Å². The molecule has 0 aliphatic carbocycles. The van der Waals surface area contributed by atoms with E-state index in [9.17, 15) is 9.59 Å². The molecule has 0 aliphatic heterocycles. The van der Waals surface area contributed by atoms with E-state index in [-0.39, 0.29) is 6.61 Å². The molecule has 0 bridgehead atoms. The molecule has 0 fully saturated rings. The average molecular weight is 488 g/mol. The van der Waals surface area contributed by atoms with Gasteiger partial charge in [-0.05, 0) is 98.8 Å². The molecule has 188 valence electrons. The number of ether oxygens (including phenoxy) is 2. The van der Waals surface area contributed by atoms with E-state index < -0.39 is 17.9 Å². The van der Waals surface area contributed by atoms with Gasteiger partial charge in [-0.1, -0.05) is 29.8 Å². The standard InChI is InChI=1S/C29H33N3O4/c1-19-7-6-8-26(15-19)36-18-28(33)31-23(5)29(34)32-30-16-24-9-11-25(12-10-24)35-17-27-21(3)13-20(2)14-22(27)4/h6-16,23H,17-18H2,1-5H3,(H,31,33)(H,32,34)/t23-/m0/s1. The van der Waals surface area contributed by atoms with E-state index in [2.05, 4.69) is 48.7 Å². The van der Waals surface area contributed by atoms with Crippen LogP contribution < -0.4 is 20.2 Å². The Morgan fingerprint density at radius 3 is 2.25 bits per heavy atom. The molecule has 1 atom stereocenters. The topological polar surface area (TPSA) is 89.0 Å². The van der Waals surface area contributed by atoms with Crippen LogP contribution in [-0.4, -0.2) is 30.7 Å². The van der Waals surface area contributed by atoms with Gasteiger partial charge in [-0.15, -0.1) is 0 Å². The van der Waals surface area contributed by atoms with Crippen molar-refractivity contribution in [3.8, 4) is 11.5 Å². The van der Waals surface area contributed by atoms with Gasteiger partial charge in [0.05, 0.1) is 6.21 Å². The van der Waals surface area contributed by atoms with Crippen LogP contribution in [0.2, 0.25) is 0 Å². The van der Waals surface area contributed by atoms with Crippen LogP contribution in [0.15, 0.2) is 65.8 Å². The molecule has 0 saturated carbocycles. The molecule has 3 rings (SSSR count). The Kier molecular flexibility index (Phi) is 9.22. The summed E-state index contributed by atoms with van der Waals surface area (Å²) in [5.74, 6) is 0.525. The maximum atomic E-state index is 12.2. The minimum Gasteiger partial charge on any atom is -0.489 e. The second-order valence-corrected chi connectivity index (χ2v) is 8.86. The van der Waals surface area contributed by atoms with Crippen LogP contribution in [0.4, 0.5) is 0 Å². The van der Waals surface area contributed by atoms with Gasteiger partial charge < -0.3 is 14.8 Å². The van der Waals surface area contributed by atoms with E-state index in [1.807, 2.05) is 49.4 Å². The molecule has 7 heteroatoms. The van der Waals surface area contributed by atoms with Crippen LogP contribution in [0, 0.1) is 27.7 Å². The number of carbonyl (C=O) groups excluding carboxylic acids is 2. The van der Waals surface area contributed by atoms with E-state index >= 15 is 0 Å². The third-order valence-corrected chi connectivity index (χ3v) is 5.62. The van der Waals surface area contributed by atoms with Crippen molar-refractivity contribution >= 4 is 18.0 Å². The molecular weight excluding hydrogens is 454 g/mol. The molecule has 0 aromatic heterocycles. The van der Waals surface area contributed by atoms with E-state index in [0.29, 0.717) is 12.4 Å². The van der Waals surface area contributed by atoms with Crippen LogP contribution in [-0.2, 0) is 16.2 Å². The number of amides is 2. The highest BCUT2D eigenvalue weighted by Gasteiger charge is 2.15. The van der Waals surface area contributed by atoms with E-state index in [1.54, 1.807) is 13.0 Å². The van der Waals surface area contributed by atoms with Crippen LogP contribution in [0.1, 0.15) is 40.3 Å². The number of benzene rings is 3. The molecule has 36 heavy (non-hydrogen) atoms. The fourth-order valence-corrected chi connectivity index (χ4v) is 3.71. The first kappa shape index (κ1) is 26.5. The predicted octanol–water partition coefficient (Wildman–Crippen LogP) is 4.53. The van der Waals surface area contributed by atoms with Crippen molar-refractivity contribution < 1.29 is 19.1 Å². The van der Waals surface area contributed by atoms with E-state index in [4.69, 9.17) is 9.47 Å². The van der Waals surface area contributed by atoms with Crippen molar-refractivity contribution in [2.75, 3.05) is 6.61 Å². The molecule has 2 amide bonds. The highest BCUT2D eigenvalue weighted by atomic mass is 16.5. The van der Waals surface area contributed by atoms with Gasteiger partial charge in [0.1, 0.15) is 24.1 Å². The lowest BCUT2D eigenvalue weighted by molar-refractivity contribution is -0.129. The molecule has 0 radical (unpaired) electrons. The summed E-state index contributed by atoms with van der Waals surface area (Å²) in [6, 6.07) is 18.4. The number of nitrogens with one attached hydrogen (secondary N) is 2. The number of hydrazone groups is 1.